The third kappa shape index (κ3) is 2.26. The van der Waals surface area contributed by atoms with Gasteiger partial charge in [0, 0.05) is 18.1 Å². The summed E-state index contributed by atoms with van der Waals surface area (Å²) >= 11 is 0. The molecule has 0 fully saturated rings. The van der Waals surface area contributed by atoms with Crippen molar-refractivity contribution in [1.82, 2.24) is 0 Å². The molecular weight excluding hydrogens is 250 g/mol. The van der Waals surface area contributed by atoms with Gasteiger partial charge in [0.15, 0.2) is 0 Å². The molecule has 0 amide bonds. The van der Waals surface area contributed by atoms with Crippen molar-refractivity contribution in [3.8, 4) is 0 Å². The number of para-hydroxylation sites is 1. The Morgan fingerprint density at radius 3 is 2.30 bits per heavy atom. The van der Waals surface area contributed by atoms with Crippen LogP contribution >= 0.6 is 0 Å². The minimum Gasteiger partial charge on any atom is -0.258 e. The van der Waals surface area contributed by atoms with Crippen LogP contribution in [0.4, 0.5) is 5.69 Å². The Kier molecular flexibility index (Phi) is 3.17. The molecule has 98 valence electrons. The summed E-state index contributed by atoms with van der Waals surface area (Å²) in [6, 6.07) is 21.1. The van der Waals surface area contributed by atoms with Crippen LogP contribution in [0.3, 0.4) is 0 Å². The third-order valence-corrected chi connectivity index (χ3v) is 3.45. The zero-order valence-electron chi connectivity index (χ0n) is 10.8. The Labute approximate surface area is 116 Å². The van der Waals surface area contributed by atoms with Gasteiger partial charge in [-0.3, -0.25) is 10.1 Å². The van der Waals surface area contributed by atoms with Crippen LogP contribution in [-0.2, 0) is 6.42 Å². The SMILES string of the molecule is O=[N+]([O-])c1ccccc1Cc1cccc2ccccc12. The van der Waals surface area contributed by atoms with Crippen molar-refractivity contribution in [3.63, 3.8) is 0 Å². The predicted octanol–water partition coefficient (Wildman–Crippen LogP) is 4.34. The molecule has 0 aliphatic rings. The summed E-state index contributed by atoms with van der Waals surface area (Å²) in [4.78, 5) is 10.8. The van der Waals surface area contributed by atoms with Crippen LogP contribution in [0.5, 0.6) is 0 Å². The summed E-state index contributed by atoms with van der Waals surface area (Å²) < 4.78 is 0. The number of hydrogen-bond donors (Lipinski definition) is 0. The van der Waals surface area contributed by atoms with E-state index < -0.39 is 0 Å². The summed E-state index contributed by atoms with van der Waals surface area (Å²) in [5, 5.41) is 13.4. The molecule has 0 atom stereocenters. The van der Waals surface area contributed by atoms with Gasteiger partial charge in [0.25, 0.3) is 5.69 Å². The second-order valence-corrected chi connectivity index (χ2v) is 4.70. The zero-order chi connectivity index (χ0) is 13.9. The fourth-order valence-corrected chi connectivity index (χ4v) is 2.49. The predicted molar refractivity (Wildman–Crippen MR) is 79.9 cm³/mol. The van der Waals surface area contributed by atoms with Crippen LogP contribution in [0, 0.1) is 10.1 Å². The van der Waals surface area contributed by atoms with E-state index in [1.165, 1.54) is 0 Å². The molecule has 0 spiro atoms. The van der Waals surface area contributed by atoms with Crippen molar-refractivity contribution in [2.75, 3.05) is 0 Å². The normalized spacial score (nSPS) is 10.6. The molecule has 0 aromatic heterocycles. The number of rotatable bonds is 3. The molecule has 3 heteroatoms. The van der Waals surface area contributed by atoms with Gasteiger partial charge < -0.3 is 0 Å². The van der Waals surface area contributed by atoms with Gasteiger partial charge in [-0.25, -0.2) is 0 Å². The lowest BCUT2D eigenvalue weighted by molar-refractivity contribution is -0.385. The van der Waals surface area contributed by atoms with Crippen molar-refractivity contribution in [2.24, 2.45) is 0 Å². The molecule has 0 N–H and O–H groups in total. The quantitative estimate of drug-likeness (QED) is 0.521. The maximum atomic E-state index is 11.1. The van der Waals surface area contributed by atoms with Crippen molar-refractivity contribution >= 4 is 16.5 Å². The summed E-state index contributed by atoms with van der Waals surface area (Å²) in [7, 11) is 0. The van der Waals surface area contributed by atoms with Gasteiger partial charge in [0.2, 0.25) is 0 Å². The molecule has 0 saturated heterocycles. The van der Waals surface area contributed by atoms with Gasteiger partial charge in [-0.2, -0.15) is 0 Å². The third-order valence-electron chi connectivity index (χ3n) is 3.45. The molecule has 0 heterocycles. The van der Waals surface area contributed by atoms with Gasteiger partial charge >= 0.3 is 0 Å². The number of nitrogens with zero attached hydrogens (tertiary/aromatic N) is 1. The maximum absolute atomic E-state index is 11.1. The first kappa shape index (κ1) is 12.4. The molecule has 20 heavy (non-hydrogen) atoms. The molecule has 0 bridgehead atoms. The largest absolute Gasteiger partial charge is 0.272 e. The smallest absolute Gasteiger partial charge is 0.258 e. The number of fused-ring (bicyclic) bond motifs is 1. The summed E-state index contributed by atoms with van der Waals surface area (Å²) in [5.41, 5.74) is 2.03. The van der Waals surface area contributed by atoms with E-state index in [0.29, 0.717) is 6.42 Å². The van der Waals surface area contributed by atoms with Crippen molar-refractivity contribution < 1.29 is 4.92 Å². The molecule has 0 unspecified atom stereocenters. The summed E-state index contributed by atoms with van der Waals surface area (Å²) in [5.74, 6) is 0. The van der Waals surface area contributed by atoms with E-state index in [4.69, 9.17) is 0 Å². The first-order valence-corrected chi connectivity index (χ1v) is 6.44. The lowest BCUT2D eigenvalue weighted by Gasteiger charge is -2.07. The Morgan fingerprint density at radius 2 is 1.45 bits per heavy atom. The molecule has 0 aliphatic heterocycles. The van der Waals surface area contributed by atoms with Crippen molar-refractivity contribution in [2.45, 2.75) is 6.42 Å². The second-order valence-electron chi connectivity index (χ2n) is 4.70. The highest BCUT2D eigenvalue weighted by Crippen LogP contribution is 2.25. The zero-order valence-corrected chi connectivity index (χ0v) is 10.8. The van der Waals surface area contributed by atoms with E-state index in [1.807, 2.05) is 36.4 Å². The Balaban J connectivity index is 2.08. The molecule has 3 aromatic rings. The molecule has 0 aliphatic carbocycles. The van der Waals surface area contributed by atoms with Crippen LogP contribution in [0.25, 0.3) is 10.8 Å². The summed E-state index contributed by atoms with van der Waals surface area (Å²) in [6.07, 6.45) is 0.568. The fraction of sp³-hybridized carbons (Fsp3) is 0.0588. The molecule has 3 nitrogen and oxygen atoms in total. The minimum absolute atomic E-state index is 0.181. The van der Waals surface area contributed by atoms with Gasteiger partial charge in [0.05, 0.1) is 4.92 Å². The van der Waals surface area contributed by atoms with E-state index in [0.717, 1.165) is 21.9 Å². The lowest BCUT2D eigenvalue weighted by Crippen LogP contribution is -1.96. The van der Waals surface area contributed by atoms with E-state index >= 15 is 0 Å². The van der Waals surface area contributed by atoms with Gasteiger partial charge in [-0.15, -0.1) is 0 Å². The highest BCUT2D eigenvalue weighted by Gasteiger charge is 2.13. The average molecular weight is 263 g/mol. The van der Waals surface area contributed by atoms with Gasteiger partial charge in [0.1, 0.15) is 0 Å². The highest BCUT2D eigenvalue weighted by molar-refractivity contribution is 5.86. The summed E-state index contributed by atoms with van der Waals surface area (Å²) in [6.45, 7) is 0. The van der Waals surface area contributed by atoms with Gasteiger partial charge in [-0.1, -0.05) is 60.7 Å². The van der Waals surface area contributed by atoms with Crippen LogP contribution in [0.2, 0.25) is 0 Å². The van der Waals surface area contributed by atoms with E-state index in [9.17, 15) is 10.1 Å². The monoisotopic (exact) mass is 263 g/mol. The van der Waals surface area contributed by atoms with Crippen LogP contribution < -0.4 is 0 Å². The Morgan fingerprint density at radius 1 is 0.800 bits per heavy atom. The number of benzene rings is 3. The molecule has 3 rings (SSSR count). The van der Waals surface area contributed by atoms with E-state index in [1.54, 1.807) is 12.1 Å². The second kappa shape index (κ2) is 5.13. The first-order valence-electron chi connectivity index (χ1n) is 6.44. The van der Waals surface area contributed by atoms with Crippen molar-refractivity contribution in [3.05, 3.63) is 88.0 Å². The highest BCUT2D eigenvalue weighted by atomic mass is 16.6. The maximum Gasteiger partial charge on any atom is 0.272 e. The minimum atomic E-state index is -0.319. The van der Waals surface area contributed by atoms with Crippen LogP contribution in [0.15, 0.2) is 66.7 Å². The molecule has 3 aromatic carbocycles. The molecular formula is C17H13NO2. The molecule has 0 radical (unpaired) electrons. The number of nitro benzene ring substituents is 1. The molecule has 0 saturated carbocycles. The Hall–Kier alpha value is -2.68. The number of hydrogen-bond acceptors (Lipinski definition) is 2. The van der Waals surface area contributed by atoms with E-state index in [-0.39, 0.29) is 10.6 Å². The van der Waals surface area contributed by atoms with Crippen LogP contribution in [-0.4, -0.2) is 4.92 Å². The number of nitro groups is 1. The fourth-order valence-electron chi connectivity index (χ4n) is 2.49. The topological polar surface area (TPSA) is 43.1 Å². The van der Waals surface area contributed by atoms with E-state index in [2.05, 4.69) is 18.2 Å². The average Bonchev–Trinajstić information content (AvgIpc) is 2.48. The first-order chi connectivity index (χ1) is 9.75. The standard InChI is InChI=1S/C17H13NO2/c19-18(20)17-11-4-2-7-15(17)12-14-9-5-8-13-6-1-3-10-16(13)14/h1-11H,12H2. The van der Waals surface area contributed by atoms with Gasteiger partial charge in [-0.05, 0) is 16.3 Å². The van der Waals surface area contributed by atoms with Crippen LogP contribution in [0.1, 0.15) is 11.1 Å². The Bertz CT molecular complexity index is 775. The lowest BCUT2D eigenvalue weighted by atomic mass is 9.98. The van der Waals surface area contributed by atoms with Crippen molar-refractivity contribution in [1.29, 1.82) is 0 Å².